The molecule has 120 valence electrons. The van der Waals surface area contributed by atoms with Crippen LogP contribution in [0.25, 0.3) is 22.1 Å². The Morgan fingerprint density at radius 1 is 0.783 bits per heavy atom. The van der Waals surface area contributed by atoms with Crippen LogP contribution in [0.2, 0.25) is 0 Å². The molecule has 3 aromatic rings. The van der Waals surface area contributed by atoms with Gasteiger partial charge in [0.15, 0.2) is 0 Å². The molecule has 0 bridgehead atoms. The molecule has 0 atom stereocenters. The molecule has 0 aliphatic rings. The Hall–Kier alpha value is -1.61. The van der Waals surface area contributed by atoms with Crippen LogP contribution < -0.4 is 0 Å². The van der Waals surface area contributed by atoms with Crippen molar-refractivity contribution in [3.05, 3.63) is 42.5 Å². The highest BCUT2D eigenvalue weighted by atomic mass is 32.2. The fourth-order valence-corrected chi connectivity index (χ4v) is 4.80. The SMILES string of the molecule is CC(C)(C)CC(C)(C)Sc1cccc2nc3ccccc3nc12. The standard InChI is InChI=1S/C20H24N2S/c1-19(2,3)13-20(4,5)23-17-12-8-11-16-18(17)22-15-10-7-6-9-14(15)21-16/h6-12H,13H2,1-5H3. The highest BCUT2D eigenvalue weighted by molar-refractivity contribution is 8.00. The summed E-state index contributed by atoms with van der Waals surface area (Å²) >= 11 is 1.91. The number of hydrogen-bond acceptors (Lipinski definition) is 3. The van der Waals surface area contributed by atoms with Crippen molar-refractivity contribution in [2.75, 3.05) is 0 Å². The zero-order chi connectivity index (χ0) is 16.7. The summed E-state index contributed by atoms with van der Waals surface area (Å²) in [6.07, 6.45) is 1.14. The van der Waals surface area contributed by atoms with Gasteiger partial charge in [0.05, 0.1) is 16.6 Å². The summed E-state index contributed by atoms with van der Waals surface area (Å²) in [4.78, 5) is 10.9. The van der Waals surface area contributed by atoms with E-state index in [1.165, 1.54) is 4.90 Å². The van der Waals surface area contributed by atoms with Gasteiger partial charge in [-0.3, -0.25) is 0 Å². The number of benzene rings is 2. The molecule has 0 radical (unpaired) electrons. The van der Waals surface area contributed by atoms with Crippen LogP contribution >= 0.6 is 11.8 Å². The summed E-state index contributed by atoms with van der Waals surface area (Å²) in [6.45, 7) is 11.5. The molecule has 0 saturated heterocycles. The van der Waals surface area contributed by atoms with Crippen LogP contribution in [0, 0.1) is 5.41 Å². The second-order valence-electron chi connectivity index (χ2n) is 7.94. The summed E-state index contributed by atoms with van der Waals surface area (Å²) < 4.78 is 0.153. The van der Waals surface area contributed by atoms with E-state index in [0.717, 1.165) is 28.5 Å². The fourth-order valence-electron chi connectivity index (χ4n) is 3.31. The van der Waals surface area contributed by atoms with Crippen LogP contribution in [-0.4, -0.2) is 14.7 Å². The van der Waals surface area contributed by atoms with E-state index in [1.54, 1.807) is 0 Å². The molecule has 0 saturated carbocycles. The van der Waals surface area contributed by atoms with Gasteiger partial charge < -0.3 is 0 Å². The summed E-state index contributed by atoms with van der Waals surface area (Å²) in [5, 5.41) is 0. The maximum atomic E-state index is 4.87. The average molecular weight is 324 g/mol. The topological polar surface area (TPSA) is 25.8 Å². The molecule has 3 rings (SSSR count). The zero-order valence-electron chi connectivity index (χ0n) is 14.6. The Labute approximate surface area is 142 Å². The van der Waals surface area contributed by atoms with Gasteiger partial charge in [-0.15, -0.1) is 11.8 Å². The average Bonchev–Trinajstić information content (AvgIpc) is 2.42. The van der Waals surface area contributed by atoms with Crippen LogP contribution in [0.5, 0.6) is 0 Å². The molecule has 2 nitrogen and oxygen atoms in total. The summed E-state index contributed by atoms with van der Waals surface area (Å²) in [6, 6.07) is 14.4. The number of aromatic nitrogens is 2. The van der Waals surface area contributed by atoms with E-state index in [2.05, 4.69) is 52.8 Å². The largest absolute Gasteiger partial charge is 0.244 e. The first-order valence-corrected chi connectivity index (χ1v) is 8.90. The van der Waals surface area contributed by atoms with Crippen molar-refractivity contribution >= 4 is 33.8 Å². The maximum Gasteiger partial charge on any atom is 0.103 e. The summed E-state index contributed by atoms with van der Waals surface area (Å²) in [5.74, 6) is 0. The first-order chi connectivity index (χ1) is 10.7. The van der Waals surface area contributed by atoms with E-state index < -0.39 is 0 Å². The Bertz CT molecular complexity index is 847. The van der Waals surface area contributed by atoms with Gasteiger partial charge in [0.25, 0.3) is 0 Å². The van der Waals surface area contributed by atoms with Crippen molar-refractivity contribution < 1.29 is 0 Å². The lowest BCUT2D eigenvalue weighted by atomic mass is 9.86. The smallest absolute Gasteiger partial charge is 0.103 e. The Morgan fingerprint density at radius 2 is 1.39 bits per heavy atom. The van der Waals surface area contributed by atoms with Crippen molar-refractivity contribution in [3.63, 3.8) is 0 Å². The molecular formula is C20H24N2S. The van der Waals surface area contributed by atoms with Crippen molar-refractivity contribution in [1.82, 2.24) is 9.97 Å². The van der Waals surface area contributed by atoms with Gasteiger partial charge in [0.2, 0.25) is 0 Å². The molecule has 0 aliphatic heterocycles. The molecule has 0 N–H and O–H groups in total. The fraction of sp³-hybridized carbons (Fsp3) is 0.400. The van der Waals surface area contributed by atoms with Crippen LogP contribution in [0.4, 0.5) is 0 Å². The van der Waals surface area contributed by atoms with Gasteiger partial charge in [-0.2, -0.15) is 0 Å². The summed E-state index contributed by atoms with van der Waals surface area (Å²) in [5.41, 5.74) is 4.20. The number of para-hydroxylation sites is 3. The first-order valence-electron chi connectivity index (χ1n) is 8.08. The normalized spacial score (nSPS) is 12.9. The van der Waals surface area contributed by atoms with Crippen molar-refractivity contribution in [1.29, 1.82) is 0 Å². The molecule has 0 aliphatic carbocycles. The lowest BCUT2D eigenvalue weighted by molar-refractivity contribution is 0.339. The molecule has 0 amide bonds. The first kappa shape index (κ1) is 16.3. The van der Waals surface area contributed by atoms with Gasteiger partial charge in [-0.25, -0.2) is 9.97 Å². The van der Waals surface area contributed by atoms with Crippen LogP contribution in [0.15, 0.2) is 47.4 Å². The molecule has 0 unspecified atom stereocenters. The lowest BCUT2D eigenvalue weighted by Gasteiger charge is -2.32. The van der Waals surface area contributed by atoms with E-state index in [0.29, 0.717) is 5.41 Å². The molecule has 0 spiro atoms. The molecule has 3 heteroatoms. The highest BCUT2D eigenvalue weighted by Gasteiger charge is 2.27. The van der Waals surface area contributed by atoms with Crippen LogP contribution in [-0.2, 0) is 0 Å². The predicted octanol–water partition coefficient (Wildman–Crippen LogP) is 6.09. The van der Waals surface area contributed by atoms with E-state index >= 15 is 0 Å². The number of rotatable bonds is 3. The second-order valence-corrected chi connectivity index (χ2v) is 9.68. The summed E-state index contributed by atoms with van der Waals surface area (Å²) in [7, 11) is 0. The second kappa shape index (κ2) is 5.79. The molecule has 0 fully saturated rings. The third-order valence-corrected chi connectivity index (χ3v) is 4.92. The predicted molar refractivity (Wildman–Crippen MR) is 101 cm³/mol. The van der Waals surface area contributed by atoms with Crippen molar-refractivity contribution in [2.45, 2.75) is 50.7 Å². The molecular weight excluding hydrogens is 300 g/mol. The van der Waals surface area contributed by atoms with E-state index in [1.807, 2.05) is 36.0 Å². The highest BCUT2D eigenvalue weighted by Crippen LogP contribution is 2.42. The number of fused-ring (bicyclic) bond motifs is 2. The third-order valence-electron chi connectivity index (χ3n) is 3.67. The molecule has 2 aromatic carbocycles. The maximum absolute atomic E-state index is 4.87. The minimum Gasteiger partial charge on any atom is -0.244 e. The lowest BCUT2D eigenvalue weighted by Crippen LogP contribution is -2.23. The molecule has 1 heterocycles. The van der Waals surface area contributed by atoms with Crippen molar-refractivity contribution in [3.8, 4) is 0 Å². The van der Waals surface area contributed by atoms with Gasteiger partial charge in [0, 0.05) is 9.64 Å². The molecule has 23 heavy (non-hydrogen) atoms. The quantitative estimate of drug-likeness (QED) is 0.430. The third kappa shape index (κ3) is 3.84. The van der Waals surface area contributed by atoms with Gasteiger partial charge in [-0.1, -0.05) is 52.8 Å². The van der Waals surface area contributed by atoms with E-state index in [9.17, 15) is 0 Å². The van der Waals surface area contributed by atoms with Crippen LogP contribution in [0.3, 0.4) is 0 Å². The Kier molecular flexibility index (Phi) is 4.09. The number of thioether (sulfide) groups is 1. The van der Waals surface area contributed by atoms with Crippen molar-refractivity contribution in [2.24, 2.45) is 5.41 Å². The van der Waals surface area contributed by atoms with E-state index in [-0.39, 0.29) is 4.75 Å². The number of nitrogens with zero attached hydrogens (tertiary/aromatic N) is 2. The molecule has 1 aromatic heterocycles. The van der Waals surface area contributed by atoms with Gasteiger partial charge in [0.1, 0.15) is 5.52 Å². The van der Waals surface area contributed by atoms with Gasteiger partial charge in [-0.05, 0) is 36.1 Å². The van der Waals surface area contributed by atoms with Crippen LogP contribution in [0.1, 0.15) is 41.0 Å². The minimum absolute atomic E-state index is 0.153. The zero-order valence-corrected chi connectivity index (χ0v) is 15.4. The Morgan fingerprint density at radius 3 is 2.04 bits per heavy atom. The monoisotopic (exact) mass is 324 g/mol. The van der Waals surface area contributed by atoms with Gasteiger partial charge >= 0.3 is 0 Å². The minimum atomic E-state index is 0.153. The number of hydrogen-bond donors (Lipinski definition) is 0. The Balaban J connectivity index is 2.05. The van der Waals surface area contributed by atoms with E-state index in [4.69, 9.17) is 9.97 Å².